The van der Waals surface area contributed by atoms with E-state index in [4.69, 9.17) is 9.15 Å². The minimum Gasteiger partial charge on any atom is -0.452 e. The number of hydrogen-bond acceptors (Lipinski definition) is 6. The van der Waals surface area contributed by atoms with Gasteiger partial charge >= 0.3 is 5.97 Å². The predicted molar refractivity (Wildman–Crippen MR) is 92.8 cm³/mol. The van der Waals surface area contributed by atoms with Crippen molar-refractivity contribution in [3.8, 4) is 0 Å². The van der Waals surface area contributed by atoms with Crippen LogP contribution >= 0.6 is 0 Å². The number of aromatic nitrogens is 1. The van der Waals surface area contributed by atoms with Crippen LogP contribution in [0.3, 0.4) is 0 Å². The number of hydrogen-bond donors (Lipinski definition) is 1. The normalized spacial score (nSPS) is 13.7. The van der Waals surface area contributed by atoms with Crippen LogP contribution < -0.4 is 5.32 Å². The average molecular weight is 357 g/mol. The molecular formula is C18H19N3O5. The van der Waals surface area contributed by atoms with Gasteiger partial charge in [-0.05, 0) is 25.0 Å². The first kappa shape index (κ1) is 17.7. The molecule has 1 aromatic heterocycles. The minimum absolute atomic E-state index is 0.0639. The van der Waals surface area contributed by atoms with Crippen LogP contribution in [0.4, 0.5) is 0 Å². The predicted octanol–water partition coefficient (Wildman–Crippen LogP) is 1.12. The monoisotopic (exact) mass is 357 g/mol. The van der Waals surface area contributed by atoms with Gasteiger partial charge in [0.15, 0.2) is 12.2 Å². The number of amides is 2. The van der Waals surface area contributed by atoms with Gasteiger partial charge in [0.05, 0.1) is 6.54 Å². The number of oxazole rings is 1. The molecule has 0 atom stereocenters. The highest BCUT2D eigenvalue weighted by Gasteiger charge is 2.24. The van der Waals surface area contributed by atoms with Crippen molar-refractivity contribution in [3.63, 3.8) is 0 Å². The molecule has 8 heteroatoms. The van der Waals surface area contributed by atoms with Crippen LogP contribution in [0.2, 0.25) is 0 Å². The van der Waals surface area contributed by atoms with E-state index in [2.05, 4.69) is 10.3 Å². The Morgan fingerprint density at radius 2 is 2.12 bits per heavy atom. The molecule has 0 bridgehead atoms. The Morgan fingerprint density at radius 3 is 2.85 bits per heavy atom. The topological polar surface area (TPSA) is 102 Å². The van der Waals surface area contributed by atoms with E-state index in [1.54, 1.807) is 12.1 Å². The molecule has 1 saturated carbocycles. The molecule has 136 valence electrons. The van der Waals surface area contributed by atoms with E-state index in [-0.39, 0.29) is 24.4 Å². The quantitative estimate of drug-likeness (QED) is 0.589. The Hall–Kier alpha value is -3.16. The van der Waals surface area contributed by atoms with Crippen LogP contribution in [-0.4, -0.2) is 53.9 Å². The van der Waals surface area contributed by atoms with Crippen LogP contribution in [0.5, 0.6) is 0 Å². The van der Waals surface area contributed by atoms with Crippen molar-refractivity contribution in [2.24, 2.45) is 0 Å². The lowest BCUT2D eigenvalue weighted by Gasteiger charge is -2.16. The maximum Gasteiger partial charge on any atom is 0.331 e. The molecule has 1 aliphatic rings. The zero-order chi connectivity index (χ0) is 18.5. The molecule has 0 radical (unpaired) electrons. The Labute approximate surface area is 149 Å². The first-order valence-electron chi connectivity index (χ1n) is 8.25. The summed E-state index contributed by atoms with van der Waals surface area (Å²) in [5.41, 5.74) is 1.29. The second-order valence-corrected chi connectivity index (χ2v) is 6.05. The van der Waals surface area contributed by atoms with Crippen molar-refractivity contribution in [3.05, 3.63) is 36.2 Å². The molecule has 1 aromatic carbocycles. The van der Waals surface area contributed by atoms with E-state index >= 15 is 0 Å². The van der Waals surface area contributed by atoms with Gasteiger partial charge in [0.25, 0.3) is 5.91 Å². The van der Waals surface area contributed by atoms with Gasteiger partial charge in [-0.25, -0.2) is 9.78 Å². The summed E-state index contributed by atoms with van der Waals surface area (Å²) in [7, 11) is 1.48. The third-order valence-corrected chi connectivity index (χ3v) is 3.76. The number of nitrogens with zero attached hydrogens (tertiary/aromatic N) is 2. The highest BCUT2D eigenvalue weighted by molar-refractivity contribution is 5.90. The van der Waals surface area contributed by atoms with Crippen LogP contribution in [0.1, 0.15) is 18.7 Å². The van der Waals surface area contributed by atoms with Gasteiger partial charge < -0.3 is 19.4 Å². The summed E-state index contributed by atoms with van der Waals surface area (Å²) >= 11 is 0. The van der Waals surface area contributed by atoms with Crippen molar-refractivity contribution < 1.29 is 23.5 Å². The van der Waals surface area contributed by atoms with Gasteiger partial charge in [0, 0.05) is 25.2 Å². The van der Waals surface area contributed by atoms with Gasteiger partial charge in [-0.15, -0.1) is 0 Å². The largest absolute Gasteiger partial charge is 0.452 e. The number of ether oxygens (including phenoxy) is 1. The highest BCUT2D eigenvalue weighted by atomic mass is 16.5. The SMILES string of the molecule is CN(CC(=O)NC1CC1)C(=O)COC(=O)/C=C/c1nc2ccccc2o1. The molecule has 0 unspecified atom stereocenters. The lowest BCUT2D eigenvalue weighted by molar-refractivity contribution is -0.148. The van der Waals surface area contributed by atoms with Crippen LogP contribution in [0.25, 0.3) is 17.2 Å². The number of likely N-dealkylation sites (N-methyl/N-ethyl adjacent to an activating group) is 1. The Morgan fingerprint density at radius 1 is 1.35 bits per heavy atom. The first-order chi connectivity index (χ1) is 12.5. The number of nitrogens with one attached hydrogen (secondary N) is 1. The third kappa shape index (κ3) is 4.92. The lowest BCUT2D eigenvalue weighted by Crippen LogP contribution is -2.40. The summed E-state index contributed by atoms with van der Waals surface area (Å²) in [6.07, 6.45) is 4.47. The molecule has 1 fully saturated rings. The zero-order valence-corrected chi connectivity index (χ0v) is 14.3. The molecule has 2 aromatic rings. The summed E-state index contributed by atoms with van der Waals surface area (Å²) in [5, 5.41) is 2.78. The standard InChI is InChI=1S/C18H19N3O5/c1-21(10-15(22)19-12-6-7-12)17(23)11-25-18(24)9-8-16-20-13-4-2-3-5-14(13)26-16/h2-5,8-9,12H,6-7,10-11H2,1H3,(H,19,22)/b9-8+. The van der Waals surface area contributed by atoms with E-state index in [0.717, 1.165) is 18.9 Å². The van der Waals surface area contributed by atoms with Crippen LogP contribution in [0, 0.1) is 0 Å². The Bertz CT molecular complexity index is 820. The number of esters is 1. The Balaban J connectivity index is 1.43. The highest BCUT2D eigenvalue weighted by Crippen LogP contribution is 2.18. The Kier molecular flexibility index (Phi) is 5.31. The smallest absolute Gasteiger partial charge is 0.331 e. The molecule has 3 rings (SSSR count). The average Bonchev–Trinajstić information content (AvgIpc) is 3.32. The molecule has 1 N–H and O–H groups in total. The van der Waals surface area contributed by atoms with Crippen molar-refractivity contribution in [2.75, 3.05) is 20.2 Å². The molecule has 0 spiro atoms. The van der Waals surface area contributed by atoms with Gasteiger partial charge in [-0.3, -0.25) is 9.59 Å². The van der Waals surface area contributed by atoms with E-state index in [1.165, 1.54) is 18.0 Å². The molecule has 1 aliphatic carbocycles. The number of fused-ring (bicyclic) bond motifs is 1. The van der Waals surface area contributed by atoms with Crippen LogP contribution in [0.15, 0.2) is 34.8 Å². The summed E-state index contributed by atoms with van der Waals surface area (Å²) < 4.78 is 10.3. The molecule has 8 nitrogen and oxygen atoms in total. The second-order valence-electron chi connectivity index (χ2n) is 6.05. The summed E-state index contributed by atoms with van der Waals surface area (Å²) in [5.74, 6) is -1.11. The second kappa shape index (κ2) is 7.81. The van der Waals surface area contributed by atoms with E-state index in [0.29, 0.717) is 11.1 Å². The van der Waals surface area contributed by atoms with Crippen molar-refractivity contribution in [1.82, 2.24) is 15.2 Å². The van der Waals surface area contributed by atoms with Crippen molar-refractivity contribution >= 4 is 35.0 Å². The van der Waals surface area contributed by atoms with E-state index in [9.17, 15) is 14.4 Å². The number of benzene rings is 1. The number of rotatable bonds is 7. The zero-order valence-electron chi connectivity index (χ0n) is 14.3. The van der Waals surface area contributed by atoms with Gasteiger partial charge in [0.2, 0.25) is 11.8 Å². The van der Waals surface area contributed by atoms with E-state index in [1.807, 2.05) is 12.1 Å². The van der Waals surface area contributed by atoms with Gasteiger partial charge in [-0.2, -0.15) is 0 Å². The summed E-state index contributed by atoms with van der Waals surface area (Å²) in [6.45, 7) is -0.504. The van der Waals surface area contributed by atoms with Crippen molar-refractivity contribution in [1.29, 1.82) is 0 Å². The van der Waals surface area contributed by atoms with Gasteiger partial charge in [-0.1, -0.05) is 12.1 Å². The summed E-state index contributed by atoms with van der Waals surface area (Å²) in [4.78, 5) is 40.6. The minimum atomic E-state index is -0.698. The number of para-hydroxylation sites is 2. The summed E-state index contributed by atoms with van der Waals surface area (Å²) in [6, 6.07) is 7.46. The fourth-order valence-electron chi connectivity index (χ4n) is 2.20. The molecule has 0 aliphatic heterocycles. The molecule has 0 saturated heterocycles. The number of carbonyl (C=O) groups is 3. The maximum absolute atomic E-state index is 11.9. The maximum atomic E-state index is 11.9. The van der Waals surface area contributed by atoms with Gasteiger partial charge in [0.1, 0.15) is 5.52 Å². The molecule has 1 heterocycles. The van der Waals surface area contributed by atoms with E-state index < -0.39 is 18.5 Å². The number of carbonyl (C=O) groups excluding carboxylic acids is 3. The third-order valence-electron chi connectivity index (χ3n) is 3.76. The molecule has 26 heavy (non-hydrogen) atoms. The molecular weight excluding hydrogens is 338 g/mol. The fraction of sp³-hybridized carbons (Fsp3) is 0.333. The molecule has 2 amide bonds. The van der Waals surface area contributed by atoms with Crippen molar-refractivity contribution in [2.45, 2.75) is 18.9 Å². The van der Waals surface area contributed by atoms with Crippen LogP contribution in [-0.2, 0) is 19.1 Å². The fourth-order valence-corrected chi connectivity index (χ4v) is 2.20. The first-order valence-corrected chi connectivity index (χ1v) is 8.25. The lowest BCUT2D eigenvalue weighted by atomic mass is 10.3.